The van der Waals surface area contributed by atoms with Crippen molar-refractivity contribution < 1.29 is 17.7 Å². The molecule has 3 heteroatoms. The van der Waals surface area contributed by atoms with Crippen molar-refractivity contribution in [2.75, 3.05) is 14.1 Å². The average molecular weight is 187 g/mol. The number of pyridine rings is 1. The molecule has 1 rings (SSSR count). The van der Waals surface area contributed by atoms with E-state index in [-0.39, 0.29) is 12.4 Å². The highest BCUT2D eigenvalue weighted by Gasteiger charge is 1.77. The zero-order valence-electron chi connectivity index (χ0n) is 7.50. The lowest BCUT2D eigenvalue weighted by Gasteiger charge is -1.84. The van der Waals surface area contributed by atoms with Gasteiger partial charge in [-0.1, -0.05) is 12.6 Å². The molecular formula is C9H15ClN2. The quantitative estimate of drug-likeness (QED) is 0.518. The van der Waals surface area contributed by atoms with E-state index in [2.05, 4.69) is 11.6 Å². The van der Waals surface area contributed by atoms with Gasteiger partial charge in [-0.25, -0.2) is 0 Å². The van der Waals surface area contributed by atoms with Gasteiger partial charge in [-0.2, -0.15) is 0 Å². The number of aromatic nitrogens is 1. The molecule has 1 aromatic heterocycles. The molecule has 0 saturated carbocycles. The summed E-state index contributed by atoms with van der Waals surface area (Å²) < 4.78 is 0. The summed E-state index contributed by atoms with van der Waals surface area (Å²) in [6.07, 6.45) is 3.47. The number of hydrogen-bond donors (Lipinski definition) is 1. The minimum absolute atomic E-state index is 0. The van der Waals surface area contributed by atoms with Crippen molar-refractivity contribution in [3.63, 3.8) is 0 Å². The Morgan fingerprint density at radius 1 is 1.42 bits per heavy atom. The van der Waals surface area contributed by atoms with E-state index in [1.54, 1.807) is 12.3 Å². The number of halogens is 1. The van der Waals surface area contributed by atoms with Crippen LogP contribution in [-0.2, 0) is 0 Å². The lowest BCUT2D eigenvalue weighted by Crippen LogP contribution is -3.00. The molecule has 0 aliphatic carbocycles. The summed E-state index contributed by atoms with van der Waals surface area (Å²) in [6, 6.07) is 5.73. The molecule has 2 nitrogen and oxygen atoms in total. The largest absolute Gasteiger partial charge is 1.00 e. The number of nitrogens with two attached hydrogens (primary N) is 1. The second kappa shape index (κ2) is 10.1. The molecule has 0 spiro atoms. The molecule has 0 aliphatic heterocycles. The van der Waals surface area contributed by atoms with E-state index in [1.165, 1.54) is 0 Å². The molecule has 0 fully saturated rings. The lowest BCUT2D eigenvalue weighted by molar-refractivity contribution is -0.597. The van der Waals surface area contributed by atoms with Crippen molar-refractivity contribution in [1.82, 2.24) is 4.98 Å². The number of quaternary nitrogens is 1. The highest BCUT2D eigenvalue weighted by atomic mass is 35.5. The lowest BCUT2D eigenvalue weighted by atomic mass is 10.4. The summed E-state index contributed by atoms with van der Waals surface area (Å²) in [7, 11) is 4.00. The van der Waals surface area contributed by atoms with Crippen LogP contribution in [-0.4, -0.2) is 19.1 Å². The van der Waals surface area contributed by atoms with Crippen LogP contribution >= 0.6 is 0 Å². The maximum absolute atomic E-state index is 3.98. The molecule has 0 saturated heterocycles. The molecule has 68 valence electrons. The maximum Gasteiger partial charge on any atom is 0.0647 e. The topological polar surface area (TPSA) is 29.5 Å². The standard InChI is InChI=1S/C7H7N.C2H7N.ClH/c1-2-7-5-3-4-6-8-7;1-3-2;/h2-6H,1H2;3H,1-2H3;1H. The molecular weight excluding hydrogens is 172 g/mol. The van der Waals surface area contributed by atoms with Crippen molar-refractivity contribution in [3.8, 4) is 0 Å². The van der Waals surface area contributed by atoms with Gasteiger partial charge in [-0.05, 0) is 18.2 Å². The molecule has 2 N–H and O–H groups in total. The molecule has 0 atom stereocenters. The van der Waals surface area contributed by atoms with Crippen LogP contribution in [0, 0.1) is 0 Å². The molecule has 1 heterocycles. The van der Waals surface area contributed by atoms with E-state index < -0.39 is 0 Å². The third kappa shape index (κ3) is 7.25. The Bertz CT molecular complexity index is 187. The minimum Gasteiger partial charge on any atom is -1.00 e. The normalized spacial score (nSPS) is 7.17. The van der Waals surface area contributed by atoms with Gasteiger partial charge in [0, 0.05) is 6.20 Å². The molecule has 0 radical (unpaired) electrons. The zero-order chi connectivity index (χ0) is 8.53. The molecule has 0 aliphatic rings. The second-order valence-electron chi connectivity index (χ2n) is 2.04. The van der Waals surface area contributed by atoms with Crippen molar-refractivity contribution in [2.24, 2.45) is 0 Å². The van der Waals surface area contributed by atoms with E-state index in [0.717, 1.165) is 5.69 Å². The van der Waals surface area contributed by atoms with Crippen LogP contribution in [0.4, 0.5) is 0 Å². The highest BCUT2D eigenvalue weighted by Crippen LogP contribution is 1.91. The van der Waals surface area contributed by atoms with Crippen LogP contribution in [0.1, 0.15) is 5.69 Å². The Hall–Kier alpha value is -0.860. The van der Waals surface area contributed by atoms with Gasteiger partial charge < -0.3 is 17.7 Å². The Morgan fingerprint density at radius 3 is 2.25 bits per heavy atom. The summed E-state index contributed by atoms with van der Waals surface area (Å²) in [5.74, 6) is 0. The smallest absolute Gasteiger partial charge is 0.0647 e. The first kappa shape index (κ1) is 13.7. The highest BCUT2D eigenvalue weighted by molar-refractivity contribution is 5.40. The SMILES string of the molecule is C=Cc1ccccn1.C[NH2+]C.[Cl-]. The second-order valence-corrected chi connectivity index (χ2v) is 2.04. The van der Waals surface area contributed by atoms with E-state index in [1.807, 2.05) is 37.6 Å². The number of nitrogens with zero attached hydrogens (tertiary/aromatic N) is 1. The fourth-order valence-electron chi connectivity index (χ4n) is 0.497. The first-order valence-electron chi connectivity index (χ1n) is 3.62. The van der Waals surface area contributed by atoms with Crippen LogP contribution < -0.4 is 17.7 Å². The van der Waals surface area contributed by atoms with Crippen LogP contribution in [0.2, 0.25) is 0 Å². The predicted molar refractivity (Wildman–Crippen MR) is 48.1 cm³/mol. The van der Waals surface area contributed by atoms with E-state index in [9.17, 15) is 0 Å². The van der Waals surface area contributed by atoms with Crippen LogP contribution in [0.3, 0.4) is 0 Å². The van der Waals surface area contributed by atoms with E-state index in [0.29, 0.717) is 0 Å². The third-order valence-electron chi connectivity index (χ3n) is 0.897. The predicted octanol–water partition coefficient (Wildman–Crippen LogP) is -2.46. The molecule has 0 unspecified atom stereocenters. The van der Waals surface area contributed by atoms with Gasteiger partial charge in [0.25, 0.3) is 0 Å². The van der Waals surface area contributed by atoms with E-state index in [4.69, 9.17) is 0 Å². The fraction of sp³-hybridized carbons (Fsp3) is 0.222. The molecule has 0 aromatic carbocycles. The van der Waals surface area contributed by atoms with Crippen molar-refractivity contribution >= 4 is 6.08 Å². The van der Waals surface area contributed by atoms with Gasteiger partial charge >= 0.3 is 0 Å². The van der Waals surface area contributed by atoms with E-state index >= 15 is 0 Å². The maximum atomic E-state index is 3.98. The third-order valence-corrected chi connectivity index (χ3v) is 0.897. The molecule has 0 amide bonds. The first-order valence-corrected chi connectivity index (χ1v) is 3.62. The molecule has 1 aromatic rings. The van der Waals surface area contributed by atoms with Gasteiger partial charge in [-0.15, -0.1) is 0 Å². The zero-order valence-corrected chi connectivity index (χ0v) is 8.25. The van der Waals surface area contributed by atoms with Gasteiger partial charge in [0.05, 0.1) is 19.8 Å². The van der Waals surface area contributed by atoms with Gasteiger partial charge in [0.2, 0.25) is 0 Å². The average Bonchev–Trinajstić information content (AvgIpc) is 2.08. The first-order chi connectivity index (χ1) is 5.35. The fourth-order valence-corrected chi connectivity index (χ4v) is 0.497. The van der Waals surface area contributed by atoms with Crippen molar-refractivity contribution in [2.45, 2.75) is 0 Å². The van der Waals surface area contributed by atoms with Crippen molar-refractivity contribution in [1.29, 1.82) is 0 Å². The van der Waals surface area contributed by atoms with Gasteiger partial charge in [0.1, 0.15) is 0 Å². The summed E-state index contributed by atoms with van der Waals surface area (Å²) in [5, 5.41) is 2.00. The minimum atomic E-state index is 0. The molecule has 12 heavy (non-hydrogen) atoms. The van der Waals surface area contributed by atoms with Crippen LogP contribution in [0.15, 0.2) is 31.0 Å². The Kier molecular flexibility index (Phi) is 11.6. The summed E-state index contributed by atoms with van der Waals surface area (Å²) >= 11 is 0. The van der Waals surface area contributed by atoms with Gasteiger partial charge in [-0.3, -0.25) is 4.98 Å². The molecule has 0 bridgehead atoms. The monoisotopic (exact) mass is 186 g/mol. The van der Waals surface area contributed by atoms with Gasteiger partial charge in [0.15, 0.2) is 0 Å². The summed E-state index contributed by atoms with van der Waals surface area (Å²) in [5.41, 5.74) is 0.924. The number of hydrogen-bond acceptors (Lipinski definition) is 1. The van der Waals surface area contributed by atoms with Crippen molar-refractivity contribution in [3.05, 3.63) is 36.7 Å². The Labute approximate surface area is 80.1 Å². The number of rotatable bonds is 1. The Balaban J connectivity index is 0. The van der Waals surface area contributed by atoms with Crippen LogP contribution in [0.5, 0.6) is 0 Å². The Morgan fingerprint density at radius 2 is 2.00 bits per heavy atom. The van der Waals surface area contributed by atoms with Crippen LogP contribution in [0.25, 0.3) is 6.08 Å². The summed E-state index contributed by atoms with van der Waals surface area (Å²) in [6.45, 7) is 3.57. The summed E-state index contributed by atoms with van der Waals surface area (Å²) in [4.78, 5) is 3.98.